The van der Waals surface area contributed by atoms with Crippen molar-refractivity contribution in [1.82, 2.24) is 10.2 Å². The largest absolute Gasteiger partial charge is 0.477 e. The Labute approximate surface area is 133 Å². The number of hydrogen-bond acceptors (Lipinski definition) is 4. The van der Waals surface area contributed by atoms with Crippen LogP contribution in [0.1, 0.15) is 17.7 Å². The summed E-state index contributed by atoms with van der Waals surface area (Å²) in [4.78, 5) is 22.9. The summed E-state index contributed by atoms with van der Waals surface area (Å²) in [6.45, 7) is 4.39. The van der Waals surface area contributed by atoms with Gasteiger partial charge in [-0.1, -0.05) is 24.7 Å². The van der Waals surface area contributed by atoms with Crippen molar-refractivity contribution in [2.75, 3.05) is 11.9 Å². The van der Waals surface area contributed by atoms with Crippen molar-refractivity contribution < 1.29 is 9.90 Å². The van der Waals surface area contributed by atoms with Crippen molar-refractivity contribution in [3.05, 3.63) is 57.6 Å². The molecule has 1 aliphatic rings. The van der Waals surface area contributed by atoms with Crippen molar-refractivity contribution >= 4 is 11.7 Å². The number of carboxylic acid groups (broad SMARTS) is 1. The van der Waals surface area contributed by atoms with E-state index in [1.54, 1.807) is 12.2 Å². The topological polar surface area (TPSA) is 95.1 Å². The highest BCUT2D eigenvalue weighted by atomic mass is 16.4. The van der Waals surface area contributed by atoms with Crippen LogP contribution in [0.2, 0.25) is 0 Å². The fourth-order valence-corrected chi connectivity index (χ4v) is 2.44. The third-order valence-electron chi connectivity index (χ3n) is 3.48. The molecule has 0 fully saturated rings. The van der Waals surface area contributed by atoms with E-state index in [1.807, 2.05) is 0 Å². The van der Waals surface area contributed by atoms with E-state index in [1.165, 1.54) is 6.08 Å². The second-order valence-corrected chi connectivity index (χ2v) is 5.04. The monoisotopic (exact) mass is 311 g/mol. The molecule has 23 heavy (non-hydrogen) atoms. The number of aliphatic carboxylic acids is 1. The predicted octanol–water partition coefficient (Wildman–Crippen LogP) is 1.43. The third kappa shape index (κ3) is 3.77. The van der Waals surface area contributed by atoms with Gasteiger partial charge in [0, 0.05) is 18.5 Å². The molecule has 0 amide bonds. The number of nitrogens with one attached hydrogen (secondary N) is 2. The van der Waals surface area contributed by atoms with Crippen LogP contribution in [0.4, 0.5) is 5.69 Å². The Morgan fingerprint density at radius 3 is 2.96 bits per heavy atom. The number of allylic oxidation sites excluding steroid dienone is 4. The lowest BCUT2D eigenvalue weighted by atomic mass is 10.00. The Bertz CT molecular complexity index is 794. The van der Waals surface area contributed by atoms with E-state index in [-0.39, 0.29) is 11.1 Å². The Hall–Kier alpha value is -3.07. The van der Waals surface area contributed by atoms with Crippen LogP contribution in [0.15, 0.2) is 40.7 Å². The smallest absolute Gasteiger partial charge is 0.344 e. The first-order chi connectivity index (χ1) is 11.1. The first-order valence-electron chi connectivity index (χ1n) is 7.14. The van der Waals surface area contributed by atoms with E-state index < -0.39 is 5.97 Å². The van der Waals surface area contributed by atoms with Crippen LogP contribution >= 0.6 is 0 Å². The van der Waals surface area contributed by atoms with E-state index >= 15 is 0 Å². The lowest BCUT2D eigenvalue weighted by Gasteiger charge is -2.19. The summed E-state index contributed by atoms with van der Waals surface area (Å²) in [6.07, 6.45) is 11.7. The fraction of sp³-hybridized carbons (Fsp3) is 0.235. The highest BCUT2D eigenvalue weighted by Gasteiger charge is 2.18. The van der Waals surface area contributed by atoms with Crippen LogP contribution < -0.4 is 10.9 Å². The van der Waals surface area contributed by atoms with Crippen LogP contribution in [0.3, 0.4) is 0 Å². The first kappa shape index (κ1) is 16.3. The molecule has 0 atom stereocenters. The molecular weight excluding hydrogens is 294 g/mol. The number of rotatable bonds is 5. The van der Waals surface area contributed by atoms with Crippen LogP contribution in [-0.2, 0) is 17.6 Å². The summed E-state index contributed by atoms with van der Waals surface area (Å²) in [6, 6.07) is 0. The number of aromatic nitrogens is 2. The van der Waals surface area contributed by atoms with Crippen LogP contribution in [0, 0.1) is 12.3 Å². The summed E-state index contributed by atoms with van der Waals surface area (Å²) in [5.74, 6) is 0.971. The number of H-pyrrole nitrogens is 1. The van der Waals surface area contributed by atoms with Gasteiger partial charge >= 0.3 is 5.97 Å². The maximum absolute atomic E-state index is 11.8. The maximum atomic E-state index is 11.8. The van der Waals surface area contributed by atoms with E-state index in [0.29, 0.717) is 29.7 Å². The molecule has 0 spiro atoms. The average molecular weight is 311 g/mol. The van der Waals surface area contributed by atoms with E-state index in [9.17, 15) is 9.59 Å². The molecule has 0 aromatic carbocycles. The SMILES string of the molecule is C#C/C(=C\C(=C/C=C)Cc1n[nH]c(=O)c2c1NCCC2)C(=O)O. The third-order valence-corrected chi connectivity index (χ3v) is 3.48. The van der Waals surface area contributed by atoms with Gasteiger partial charge in [-0.05, 0) is 24.5 Å². The summed E-state index contributed by atoms with van der Waals surface area (Å²) in [5.41, 5.74) is 2.34. The molecule has 2 rings (SSSR count). The van der Waals surface area contributed by atoms with Gasteiger partial charge in [-0.15, -0.1) is 6.42 Å². The van der Waals surface area contributed by atoms with Gasteiger partial charge in [0.2, 0.25) is 0 Å². The maximum Gasteiger partial charge on any atom is 0.344 e. The highest BCUT2D eigenvalue weighted by Crippen LogP contribution is 2.23. The lowest BCUT2D eigenvalue weighted by Crippen LogP contribution is -2.25. The van der Waals surface area contributed by atoms with Crippen molar-refractivity contribution in [1.29, 1.82) is 0 Å². The van der Waals surface area contributed by atoms with Crippen molar-refractivity contribution in [2.45, 2.75) is 19.3 Å². The summed E-state index contributed by atoms with van der Waals surface area (Å²) in [5, 5.41) is 18.8. The number of fused-ring (bicyclic) bond motifs is 1. The van der Waals surface area contributed by atoms with Gasteiger partial charge in [-0.3, -0.25) is 4.79 Å². The minimum Gasteiger partial charge on any atom is -0.477 e. The van der Waals surface area contributed by atoms with Crippen molar-refractivity contribution in [3.8, 4) is 12.3 Å². The van der Waals surface area contributed by atoms with E-state index in [2.05, 4.69) is 28.0 Å². The Morgan fingerprint density at radius 1 is 1.52 bits per heavy atom. The van der Waals surface area contributed by atoms with Gasteiger partial charge in [0.15, 0.2) is 0 Å². The molecule has 0 bridgehead atoms. The van der Waals surface area contributed by atoms with Crippen LogP contribution in [0.5, 0.6) is 0 Å². The molecule has 0 radical (unpaired) electrons. The van der Waals surface area contributed by atoms with Gasteiger partial charge in [-0.2, -0.15) is 5.10 Å². The highest BCUT2D eigenvalue weighted by molar-refractivity contribution is 5.92. The average Bonchev–Trinajstić information content (AvgIpc) is 2.55. The van der Waals surface area contributed by atoms with E-state index in [0.717, 1.165) is 18.7 Å². The van der Waals surface area contributed by atoms with Crippen LogP contribution in [0.25, 0.3) is 0 Å². The molecule has 6 nitrogen and oxygen atoms in total. The van der Waals surface area contributed by atoms with Gasteiger partial charge in [0.25, 0.3) is 5.56 Å². The second-order valence-electron chi connectivity index (χ2n) is 5.04. The summed E-state index contributed by atoms with van der Waals surface area (Å²) >= 11 is 0. The quantitative estimate of drug-likeness (QED) is 0.434. The number of nitrogens with zero attached hydrogens (tertiary/aromatic N) is 1. The minimum absolute atomic E-state index is 0.149. The Morgan fingerprint density at radius 2 is 2.30 bits per heavy atom. The first-order valence-corrected chi connectivity index (χ1v) is 7.14. The lowest BCUT2D eigenvalue weighted by molar-refractivity contribution is -0.132. The fourth-order valence-electron chi connectivity index (χ4n) is 2.44. The molecule has 1 aromatic rings. The second kappa shape index (κ2) is 7.27. The summed E-state index contributed by atoms with van der Waals surface area (Å²) < 4.78 is 0. The normalized spacial score (nSPS) is 14.4. The molecule has 1 aliphatic heterocycles. The predicted molar refractivity (Wildman–Crippen MR) is 88.2 cm³/mol. The molecular formula is C17H17N3O3. The minimum atomic E-state index is -1.17. The molecule has 0 aliphatic carbocycles. The number of carbonyl (C=O) groups is 1. The molecule has 0 saturated heterocycles. The molecule has 0 saturated carbocycles. The molecule has 0 unspecified atom stereocenters. The Kier molecular flexibility index (Phi) is 5.15. The van der Waals surface area contributed by atoms with E-state index in [4.69, 9.17) is 11.5 Å². The van der Waals surface area contributed by atoms with Gasteiger partial charge < -0.3 is 10.4 Å². The van der Waals surface area contributed by atoms with Crippen molar-refractivity contribution in [2.24, 2.45) is 0 Å². The zero-order chi connectivity index (χ0) is 16.8. The molecule has 2 heterocycles. The zero-order valence-electron chi connectivity index (χ0n) is 12.6. The van der Waals surface area contributed by atoms with Crippen molar-refractivity contribution in [3.63, 3.8) is 0 Å². The number of carboxylic acids is 1. The zero-order valence-corrected chi connectivity index (χ0v) is 12.6. The number of terminal acetylenes is 1. The number of hydrogen-bond donors (Lipinski definition) is 3. The van der Waals surface area contributed by atoms with Gasteiger partial charge in [0.1, 0.15) is 5.57 Å². The standard InChI is InChI=1S/C17H17N3O3/c1-3-6-11(9-12(4-2)17(22)23)10-14-15-13(7-5-8-18-15)16(21)20-19-14/h2-3,6,9,18H,1,5,7-8,10H2,(H,20,21)(H,22,23)/b11-6+,12-9+. The van der Waals surface area contributed by atoms with Gasteiger partial charge in [-0.25, -0.2) is 9.89 Å². The van der Waals surface area contributed by atoms with Crippen LogP contribution in [-0.4, -0.2) is 27.8 Å². The number of anilines is 1. The molecule has 118 valence electrons. The molecule has 1 aromatic heterocycles. The molecule has 3 N–H and O–H groups in total. The summed E-state index contributed by atoms with van der Waals surface area (Å²) in [7, 11) is 0. The van der Waals surface area contributed by atoms with Gasteiger partial charge in [0.05, 0.1) is 11.4 Å². The molecule has 6 heteroatoms. The Balaban J connectivity index is 2.41. The number of aromatic amines is 1.